The molecule has 0 fully saturated rings. The molecule has 0 saturated heterocycles. The van der Waals surface area contributed by atoms with Crippen molar-refractivity contribution in [3.05, 3.63) is 240 Å². The first kappa shape index (κ1) is 44.3. The first-order chi connectivity index (χ1) is 36.4. The van der Waals surface area contributed by atoms with Gasteiger partial charge in [0.15, 0.2) is 0 Å². The number of nitrogens with zero attached hydrogens (tertiary/aromatic N) is 1. The summed E-state index contributed by atoms with van der Waals surface area (Å²) < 4.78 is 20.8. The molecule has 0 aromatic heterocycles. The van der Waals surface area contributed by atoms with Crippen LogP contribution in [-0.4, -0.2) is 6.71 Å². The summed E-state index contributed by atoms with van der Waals surface area (Å²) in [5, 5.41) is 0. The van der Waals surface area contributed by atoms with Gasteiger partial charge < -0.3 is 19.1 Å². The maximum absolute atomic E-state index is 7.12. The Balaban J connectivity index is 1.05. The second-order valence-electron chi connectivity index (χ2n) is 22.4. The fourth-order valence-electron chi connectivity index (χ4n) is 13.1. The van der Waals surface area contributed by atoms with Crippen molar-refractivity contribution < 1.29 is 14.2 Å². The summed E-state index contributed by atoms with van der Waals surface area (Å²) >= 11 is 1.86. The molecule has 10 aromatic rings. The molecule has 0 N–H and O–H groups in total. The molecule has 5 aliphatic rings. The summed E-state index contributed by atoms with van der Waals surface area (Å²) in [7, 11) is 0. The van der Waals surface area contributed by atoms with Crippen LogP contribution in [0.3, 0.4) is 0 Å². The van der Waals surface area contributed by atoms with E-state index in [-0.39, 0.29) is 23.0 Å². The van der Waals surface area contributed by atoms with Crippen molar-refractivity contribution >= 4 is 51.9 Å². The molecule has 360 valence electrons. The predicted octanol–water partition coefficient (Wildman–Crippen LogP) is 16.7. The van der Waals surface area contributed by atoms with Crippen LogP contribution in [0.1, 0.15) is 74.9 Å². The second-order valence-corrected chi connectivity index (χ2v) is 23.5. The molecule has 0 spiro atoms. The van der Waals surface area contributed by atoms with Crippen molar-refractivity contribution in [2.45, 2.75) is 67.6 Å². The highest BCUT2D eigenvalue weighted by Gasteiger charge is 2.47. The molecule has 0 saturated carbocycles. The van der Waals surface area contributed by atoms with Crippen LogP contribution in [-0.2, 0) is 16.2 Å². The van der Waals surface area contributed by atoms with Crippen LogP contribution in [0.2, 0.25) is 0 Å². The zero-order valence-electron chi connectivity index (χ0n) is 42.8. The molecular weight excluding hydrogens is 934 g/mol. The third-order valence-corrected chi connectivity index (χ3v) is 18.2. The maximum Gasteiger partial charge on any atom is 0.249 e. The lowest BCUT2D eigenvalue weighted by molar-refractivity contribution is 0.417. The zero-order valence-corrected chi connectivity index (χ0v) is 43.6. The summed E-state index contributed by atoms with van der Waals surface area (Å²) in [6.45, 7) is 13.9. The van der Waals surface area contributed by atoms with Crippen LogP contribution in [0.15, 0.2) is 216 Å². The molecular formula is C69H52BNO3S. The highest BCUT2D eigenvalue weighted by atomic mass is 32.2. The van der Waals surface area contributed by atoms with Crippen LogP contribution in [0.5, 0.6) is 34.5 Å². The monoisotopic (exact) mass is 985 g/mol. The van der Waals surface area contributed by atoms with E-state index in [2.05, 4.69) is 253 Å². The fourth-order valence-corrected chi connectivity index (χ4v) is 14.4. The smallest absolute Gasteiger partial charge is 0.249 e. The minimum Gasteiger partial charge on any atom is -0.457 e. The van der Waals surface area contributed by atoms with Gasteiger partial charge in [0.25, 0.3) is 0 Å². The molecule has 75 heavy (non-hydrogen) atoms. The van der Waals surface area contributed by atoms with Crippen molar-refractivity contribution in [3.63, 3.8) is 0 Å². The predicted molar refractivity (Wildman–Crippen MR) is 309 cm³/mol. The number of rotatable bonds is 4. The van der Waals surface area contributed by atoms with E-state index in [0.29, 0.717) is 0 Å². The first-order valence-corrected chi connectivity index (χ1v) is 27.0. The van der Waals surface area contributed by atoms with Gasteiger partial charge in [-0.15, -0.1) is 0 Å². The summed E-state index contributed by atoms with van der Waals surface area (Å²) in [6.07, 6.45) is 0. The Hall–Kier alpha value is -8.19. The van der Waals surface area contributed by atoms with Gasteiger partial charge in [-0.1, -0.05) is 216 Å². The van der Waals surface area contributed by atoms with E-state index in [9.17, 15) is 0 Å². The lowest BCUT2D eigenvalue weighted by Crippen LogP contribution is -2.60. The summed E-state index contributed by atoms with van der Waals surface area (Å²) in [5.74, 6) is 5.39. The molecule has 0 amide bonds. The van der Waals surface area contributed by atoms with Crippen LogP contribution >= 0.6 is 11.8 Å². The van der Waals surface area contributed by atoms with Gasteiger partial charge in [0.05, 0.1) is 5.69 Å². The molecule has 4 nitrogen and oxygen atoms in total. The summed E-state index contributed by atoms with van der Waals surface area (Å²) in [6, 6.07) is 75.6. The fraction of sp³-hybridized carbons (Fsp3) is 0.130. The number of anilines is 3. The van der Waals surface area contributed by atoms with E-state index in [4.69, 9.17) is 14.2 Å². The van der Waals surface area contributed by atoms with E-state index in [1.54, 1.807) is 0 Å². The SMILES string of the molecule is CC1(C)c2ccccc2Oc2cc(-c3cc4c5c(c3)N(c3c(-c6ccccc6)cccc3-c3ccccc3)c3cc6c(cc3B5c3cc5c(cc3S4)Oc3ccccc3C5(C)C)C(C)(C)c3ccccc3O6)ccc21. The van der Waals surface area contributed by atoms with Gasteiger partial charge >= 0.3 is 0 Å². The van der Waals surface area contributed by atoms with Crippen molar-refractivity contribution in [2.75, 3.05) is 4.90 Å². The van der Waals surface area contributed by atoms with Gasteiger partial charge in [0.1, 0.15) is 34.5 Å². The number of ether oxygens (including phenoxy) is 3. The molecule has 0 unspecified atom stereocenters. The van der Waals surface area contributed by atoms with E-state index in [0.717, 1.165) is 84.9 Å². The molecule has 6 heteroatoms. The van der Waals surface area contributed by atoms with Crippen LogP contribution in [0.25, 0.3) is 33.4 Å². The largest absolute Gasteiger partial charge is 0.457 e. The average molecular weight is 986 g/mol. The van der Waals surface area contributed by atoms with Crippen molar-refractivity contribution in [1.29, 1.82) is 0 Å². The molecule has 0 aliphatic carbocycles. The number of hydrogen-bond acceptors (Lipinski definition) is 5. The Morgan fingerprint density at radius 3 is 1.40 bits per heavy atom. The van der Waals surface area contributed by atoms with E-state index in [1.165, 1.54) is 59.6 Å². The van der Waals surface area contributed by atoms with E-state index >= 15 is 0 Å². The quantitative estimate of drug-likeness (QED) is 0.164. The van der Waals surface area contributed by atoms with Gasteiger partial charge in [0.2, 0.25) is 6.71 Å². The van der Waals surface area contributed by atoms with Crippen LogP contribution < -0.4 is 35.5 Å². The van der Waals surface area contributed by atoms with Gasteiger partial charge in [0, 0.05) is 88.0 Å². The lowest BCUT2D eigenvalue weighted by atomic mass is 9.34. The molecule has 0 atom stereocenters. The van der Waals surface area contributed by atoms with E-state index < -0.39 is 0 Å². The summed E-state index contributed by atoms with van der Waals surface area (Å²) in [5.41, 5.74) is 20.2. The normalized spacial score (nSPS) is 15.9. The minimum absolute atomic E-state index is 0.128. The van der Waals surface area contributed by atoms with Crippen LogP contribution in [0, 0.1) is 0 Å². The second kappa shape index (κ2) is 15.9. The first-order valence-electron chi connectivity index (χ1n) is 26.2. The highest BCUT2D eigenvalue weighted by molar-refractivity contribution is 8.00. The Morgan fingerprint density at radius 2 is 0.827 bits per heavy atom. The van der Waals surface area contributed by atoms with Gasteiger partial charge in [-0.25, -0.2) is 0 Å². The third kappa shape index (κ3) is 6.45. The van der Waals surface area contributed by atoms with Crippen molar-refractivity contribution in [1.82, 2.24) is 0 Å². The Kier molecular flexibility index (Phi) is 9.40. The van der Waals surface area contributed by atoms with Gasteiger partial charge in [-0.2, -0.15) is 0 Å². The lowest BCUT2D eigenvalue weighted by Gasteiger charge is -2.44. The van der Waals surface area contributed by atoms with E-state index in [1.807, 2.05) is 11.8 Å². The number of fused-ring (bicyclic) bond motifs is 10. The highest BCUT2D eigenvalue weighted by Crippen LogP contribution is 2.56. The van der Waals surface area contributed by atoms with Gasteiger partial charge in [-0.05, 0) is 75.6 Å². The topological polar surface area (TPSA) is 30.9 Å². The molecule has 5 heterocycles. The summed E-state index contributed by atoms with van der Waals surface area (Å²) in [4.78, 5) is 5.01. The molecule has 5 aliphatic heterocycles. The van der Waals surface area contributed by atoms with Crippen molar-refractivity contribution in [2.24, 2.45) is 0 Å². The Bertz CT molecular complexity index is 4010. The standard InChI is InChI=1S/C69H52BNO3S/c1-67(2)47-26-13-16-29-57(47)72-60-35-43(32-33-50(60)67)44-34-56-65-64(36-44)75-63-40-62-52(69(5,6)49-28-15-18-31-59(49)74-62)38-54(63)70(65)53-37-51-61(73-58-30-17-14-27-48(58)68(51,3)4)39-55(53)71(56)66-45(41-20-9-7-10-21-41)24-19-25-46(66)42-22-11-8-12-23-42/h7-40H,1-6H3. The van der Waals surface area contributed by atoms with Gasteiger partial charge in [-0.3, -0.25) is 0 Å². The Morgan fingerprint density at radius 1 is 0.347 bits per heavy atom. The average Bonchev–Trinajstić information content (AvgIpc) is 3.53. The third-order valence-electron chi connectivity index (χ3n) is 17.1. The Labute approximate surface area is 443 Å². The molecule has 0 bridgehead atoms. The number of hydrogen-bond donors (Lipinski definition) is 0. The number of para-hydroxylation sites is 4. The zero-order chi connectivity index (χ0) is 50.5. The molecule has 10 aromatic carbocycles. The van der Waals surface area contributed by atoms with Crippen molar-refractivity contribution in [3.8, 4) is 67.9 Å². The van der Waals surface area contributed by atoms with Crippen LogP contribution in [0.4, 0.5) is 17.1 Å². The maximum atomic E-state index is 7.12. The molecule has 0 radical (unpaired) electrons. The molecule has 15 rings (SSSR count). The number of benzene rings is 10. The minimum atomic E-state index is -0.348.